The van der Waals surface area contributed by atoms with E-state index in [1.54, 1.807) is 6.08 Å². The first-order valence-electron chi connectivity index (χ1n) is 5.75. The number of rotatable bonds is 4. The van der Waals surface area contributed by atoms with Crippen LogP contribution in [0.3, 0.4) is 0 Å². The number of H-pyrrole nitrogens is 1. The molecule has 0 fully saturated rings. The monoisotopic (exact) mass is 245 g/mol. The summed E-state index contributed by atoms with van der Waals surface area (Å²) in [6, 6.07) is 7.84. The average Bonchev–Trinajstić information content (AvgIpc) is 2.74. The van der Waals surface area contributed by atoms with Crippen molar-refractivity contribution in [1.82, 2.24) is 4.98 Å². The Morgan fingerprint density at radius 1 is 1.39 bits per heavy atom. The maximum Gasteiger partial charge on any atom is 0.330 e. The standard InChI is InChI=1S/C14H15NO3/c1-3-18-14-11(8-9-13(16)17-2)10-6-4-5-7-12(10)15-14/h4-9,15H,3H2,1-2H3. The van der Waals surface area contributed by atoms with Gasteiger partial charge in [0.2, 0.25) is 0 Å². The van der Waals surface area contributed by atoms with Gasteiger partial charge in [-0.15, -0.1) is 0 Å². The Hall–Kier alpha value is -2.23. The summed E-state index contributed by atoms with van der Waals surface area (Å²) in [7, 11) is 1.35. The van der Waals surface area contributed by atoms with Crippen LogP contribution < -0.4 is 4.74 Å². The van der Waals surface area contributed by atoms with Crippen molar-refractivity contribution in [2.24, 2.45) is 0 Å². The Bertz CT molecular complexity index is 584. The number of aromatic amines is 1. The fourth-order valence-electron chi connectivity index (χ4n) is 1.78. The molecule has 0 aliphatic rings. The van der Waals surface area contributed by atoms with Crippen LogP contribution in [0.4, 0.5) is 0 Å². The number of benzene rings is 1. The number of hydrogen-bond donors (Lipinski definition) is 1. The normalized spacial score (nSPS) is 11.0. The van der Waals surface area contributed by atoms with Crippen molar-refractivity contribution in [2.45, 2.75) is 6.92 Å². The fraction of sp³-hybridized carbons (Fsp3) is 0.214. The van der Waals surface area contributed by atoms with Crippen molar-refractivity contribution in [1.29, 1.82) is 0 Å². The summed E-state index contributed by atoms with van der Waals surface area (Å²) in [5.74, 6) is 0.279. The quantitative estimate of drug-likeness (QED) is 0.665. The number of fused-ring (bicyclic) bond motifs is 1. The highest BCUT2D eigenvalue weighted by atomic mass is 16.5. The number of methoxy groups -OCH3 is 1. The van der Waals surface area contributed by atoms with Crippen molar-refractivity contribution < 1.29 is 14.3 Å². The maximum atomic E-state index is 11.2. The molecule has 0 atom stereocenters. The van der Waals surface area contributed by atoms with Crippen molar-refractivity contribution in [3.8, 4) is 5.88 Å². The van der Waals surface area contributed by atoms with Crippen LogP contribution in [-0.4, -0.2) is 24.7 Å². The molecule has 0 unspecified atom stereocenters. The second-order valence-electron chi connectivity index (χ2n) is 3.70. The smallest absolute Gasteiger partial charge is 0.330 e. The zero-order valence-electron chi connectivity index (χ0n) is 10.4. The maximum absolute atomic E-state index is 11.2. The van der Waals surface area contributed by atoms with E-state index in [4.69, 9.17) is 4.74 Å². The number of nitrogens with one attached hydrogen (secondary N) is 1. The highest BCUT2D eigenvalue weighted by Crippen LogP contribution is 2.29. The second kappa shape index (κ2) is 5.40. The lowest BCUT2D eigenvalue weighted by molar-refractivity contribution is -0.134. The molecule has 0 bridgehead atoms. The van der Waals surface area contributed by atoms with Gasteiger partial charge in [0, 0.05) is 22.5 Å². The molecule has 4 heteroatoms. The molecule has 0 amide bonds. The third kappa shape index (κ3) is 2.37. The molecule has 94 valence electrons. The van der Waals surface area contributed by atoms with Crippen LogP contribution in [0.2, 0.25) is 0 Å². The molecule has 0 aliphatic heterocycles. The Kier molecular flexibility index (Phi) is 3.67. The summed E-state index contributed by atoms with van der Waals surface area (Å²) in [5, 5.41) is 1.01. The van der Waals surface area contributed by atoms with Crippen LogP contribution in [0.5, 0.6) is 5.88 Å². The number of esters is 1. The largest absolute Gasteiger partial charge is 0.479 e. The number of para-hydroxylation sites is 1. The lowest BCUT2D eigenvalue weighted by atomic mass is 10.1. The average molecular weight is 245 g/mol. The summed E-state index contributed by atoms with van der Waals surface area (Å²) in [4.78, 5) is 14.3. The first-order valence-corrected chi connectivity index (χ1v) is 5.75. The first kappa shape index (κ1) is 12.2. The van der Waals surface area contributed by atoms with Crippen LogP contribution in [0.15, 0.2) is 30.3 Å². The van der Waals surface area contributed by atoms with E-state index in [1.807, 2.05) is 31.2 Å². The molecule has 0 saturated carbocycles. The number of carbonyl (C=O) groups is 1. The van der Waals surface area contributed by atoms with Crippen LogP contribution >= 0.6 is 0 Å². The molecule has 2 aromatic rings. The number of hydrogen-bond acceptors (Lipinski definition) is 3. The molecule has 0 saturated heterocycles. The Labute approximate surface area is 105 Å². The van der Waals surface area contributed by atoms with Crippen LogP contribution in [0.1, 0.15) is 12.5 Å². The van der Waals surface area contributed by atoms with Gasteiger partial charge in [0.15, 0.2) is 5.88 Å². The van der Waals surface area contributed by atoms with Gasteiger partial charge in [-0.2, -0.15) is 0 Å². The molecule has 2 rings (SSSR count). The van der Waals surface area contributed by atoms with E-state index >= 15 is 0 Å². The third-order valence-corrected chi connectivity index (χ3v) is 2.59. The van der Waals surface area contributed by atoms with E-state index in [0.29, 0.717) is 12.5 Å². The zero-order chi connectivity index (χ0) is 13.0. The summed E-state index contributed by atoms with van der Waals surface area (Å²) >= 11 is 0. The van der Waals surface area contributed by atoms with Crippen molar-refractivity contribution in [3.05, 3.63) is 35.9 Å². The van der Waals surface area contributed by atoms with E-state index in [0.717, 1.165) is 16.5 Å². The Morgan fingerprint density at radius 3 is 2.89 bits per heavy atom. The number of carbonyl (C=O) groups excluding carboxylic acids is 1. The molecular formula is C14H15NO3. The van der Waals surface area contributed by atoms with E-state index in [1.165, 1.54) is 13.2 Å². The van der Waals surface area contributed by atoms with Crippen LogP contribution in [0, 0.1) is 0 Å². The zero-order valence-corrected chi connectivity index (χ0v) is 10.4. The van der Waals surface area contributed by atoms with Gasteiger partial charge in [-0.25, -0.2) is 4.79 Å². The molecule has 18 heavy (non-hydrogen) atoms. The minimum absolute atomic E-state index is 0.386. The lowest BCUT2D eigenvalue weighted by Crippen LogP contribution is -1.95. The topological polar surface area (TPSA) is 51.3 Å². The fourth-order valence-corrected chi connectivity index (χ4v) is 1.78. The second-order valence-corrected chi connectivity index (χ2v) is 3.70. The lowest BCUT2D eigenvalue weighted by Gasteiger charge is -2.00. The third-order valence-electron chi connectivity index (χ3n) is 2.59. The van der Waals surface area contributed by atoms with E-state index in [2.05, 4.69) is 9.72 Å². The van der Waals surface area contributed by atoms with E-state index in [-0.39, 0.29) is 5.97 Å². The Morgan fingerprint density at radius 2 is 2.17 bits per heavy atom. The van der Waals surface area contributed by atoms with Gasteiger partial charge in [-0.3, -0.25) is 0 Å². The molecule has 0 radical (unpaired) electrons. The van der Waals surface area contributed by atoms with Gasteiger partial charge in [-0.05, 0) is 19.1 Å². The highest BCUT2D eigenvalue weighted by Gasteiger charge is 2.09. The van der Waals surface area contributed by atoms with Gasteiger partial charge < -0.3 is 14.5 Å². The van der Waals surface area contributed by atoms with Gasteiger partial charge >= 0.3 is 5.97 Å². The van der Waals surface area contributed by atoms with Crippen molar-refractivity contribution in [3.63, 3.8) is 0 Å². The van der Waals surface area contributed by atoms with Gasteiger partial charge in [-0.1, -0.05) is 18.2 Å². The summed E-state index contributed by atoms with van der Waals surface area (Å²) < 4.78 is 10.1. The molecule has 1 aromatic carbocycles. The van der Waals surface area contributed by atoms with E-state index in [9.17, 15) is 4.79 Å². The minimum Gasteiger partial charge on any atom is -0.479 e. The van der Waals surface area contributed by atoms with Gasteiger partial charge in [0.25, 0.3) is 0 Å². The van der Waals surface area contributed by atoms with Crippen LogP contribution in [-0.2, 0) is 9.53 Å². The van der Waals surface area contributed by atoms with Gasteiger partial charge in [0.05, 0.1) is 13.7 Å². The van der Waals surface area contributed by atoms with Crippen molar-refractivity contribution >= 4 is 22.9 Å². The molecule has 0 aliphatic carbocycles. The summed E-state index contributed by atoms with van der Waals surface area (Å²) in [6.07, 6.45) is 3.09. The number of ether oxygens (including phenoxy) is 2. The first-order chi connectivity index (χ1) is 8.76. The van der Waals surface area contributed by atoms with Gasteiger partial charge in [0.1, 0.15) is 0 Å². The molecule has 0 spiro atoms. The van der Waals surface area contributed by atoms with Crippen molar-refractivity contribution in [2.75, 3.05) is 13.7 Å². The summed E-state index contributed by atoms with van der Waals surface area (Å²) in [5.41, 5.74) is 1.84. The highest BCUT2D eigenvalue weighted by molar-refractivity contribution is 5.96. The summed E-state index contributed by atoms with van der Waals surface area (Å²) in [6.45, 7) is 2.48. The predicted octanol–water partition coefficient (Wildman–Crippen LogP) is 2.75. The molecule has 4 nitrogen and oxygen atoms in total. The molecule has 1 heterocycles. The SMILES string of the molecule is CCOc1[nH]c2ccccc2c1C=CC(=O)OC. The Balaban J connectivity index is 2.47. The number of aromatic nitrogens is 1. The molecule has 1 aromatic heterocycles. The molecule has 1 N–H and O–H groups in total. The van der Waals surface area contributed by atoms with Crippen LogP contribution in [0.25, 0.3) is 17.0 Å². The van der Waals surface area contributed by atoms with E-state index < -0.39 is 0 Å². The predicted molar refractivity (Wildman–Crippen MR) is 70.5 cm³/mol. The molecular weight excluding hydrogens is 230 g/mol. The minimum atomic E-state index is -0.386.